The molecule has 0 aliphatic rings. The first-order chi connectivity index (χ1) is 11.6. The van der Waals surface area contributed by atoms with Gasteiger partial charge in [-0.15, -0.1) is 22.7 Å². The molecule has 5 nitrogen and oxygen atoms in total. The van der Waals surface area contributed by atoms with E-state index in [1.165, 1.54) is 22.7 Å². The summed E-state index contributed by atoms with van der Waals surface area (Å²) in [6.07, 6.45) is 2.21. The number of carbonyl (C=O) groups excluding carboxylic acids is 1. The third-order valence-corrected chi connectivity index (χ3v) is 5.09. The van der Waals surface area contributed by atoms with E-state index in [1.54, 1.807) is 6.20 Å². The lowest BCUT2D eigenvalue weighted by molar-refractivity contribution is -0.115. The number of hydrogen-bond acceptors (Lipinski definition) is 6. The van der Waals surface area contributed by atoms with Crippen molar-refractivity contribution in [1.29, 1.82) is 0 Å². The van der Waals surface area contributed by atoms with Gasteiger partial charge in [0.05, 0.1) is 12.2 Å². The molecular weight excluding hydrogens is 364 g/mol. The second-order valence-corrected chi connectivity index (χ2v) is 7.51. The summed E-state index contributed by atoms with van der Waals surface area (Å²) >= 11 is 8.72. The van der Waals surface area contributed by atoms with E-state index in [9.17, 15) is 4.79 Å². The zero-order chi connectivity index (χ0) is 16.9. The van der Waals surface area contributed by atoms with Gasteiger partial charge in [-0.3, -0.25) is 4.79 Å². The predicted molar refractivity (Wildman–Crippen MR) is 101 cm³/mol. The monoisotopic (exact) mass is 378 g/mol. The van der Waals surface area contributed by atoms with E-state index in [1.807, 2.05) is 36.6 Å². The lowest BCUT2D eigenvalue weighted by Gasteiger charge is -2.06. The second-order valence-electron chi connectivity index (χ2n) is 4.95. The topological polar surface area (TPSA) is 66.9 Å². The first-order valence-corrected chi connectivity index (χ1v) is 9.41. The van der Waals surface area contributed by atoms with E-state index in [0.29, 0.717) is 22.6 Å². The van der Waals surface area contributed by atoms with Crippen molar-refractivity contribution in [2.24, 2.45) is 0 Å². The van der Waals surface area contributed by atoms with E-state index >= 15 is 0 Å². The largest absolute Gasteiger partial charge is 0.380 e. The Morgan fingerprint density at radius 3 is 3.00 bits per heavy atom. The first kappa shape index (κ1) is 16.9. The van der Waals surface area contributed by atoms with Crippen molar-refractivity contribution in [3.63, 3.8) is 0 Å². The average molecular weight is 379 g/mol. The van der Waals surface area contributed by atoms with Crippen LogP contribution >= 0.6 is 34.3 Å². The Bertz CT molecular complexity index is 846. The standard InChI is InChI=1S/C16H15ClN4OS2/c1-2-14(22)21-16-20-13(9-23-16)10-4-3-5-11(6-10)18-7-12-8-19-15(17)24-12/h3-6,8-9,18H,2,7H2,1H3,(H,20,21,22). The highest BCUT2D eigenvalue weighted by Crippen LogP contribution is 2.27. The fourth-order valence-corrected chi connectivity index (χ4v) is 3.67. The van der Waals surface area contributed by atoms with Gasteiger partial charge in [-0.25, -0.2) is 9.97 Å². The summed E-state index contributed by atoms with van der Waals surface area (Å²) in [4.78, 5) is 21.0. The smallest absolute Gasteiger partial charge is 0.225 e. The van der Waals surface area contributed by atoms with Crippen molar-refractivity contribution in [2.75, 3.05) is 10.6 Å². The van der Waals surface area contributed by atoms with Crippen LogP contribution in [0.15, 0.2) is 35.8 Å². The van der Waals surface area contributed by atoms with Crippen LogP contribution in [0.1, 0.15) is 18.2 Å². The van der Waals surface area contributed by atoms with Gasteiger partial charge >= 0.3 is 0 Å². The van der Waals surface area contributed by atoms with Crippen molar-refractivity contribution in [2.45, 2.75) is 19.9 Å². The second kappa shape index (κ2) is 7.74. The number of aromatic nitrogens is 2. The fourth-order valence-electron chi connectivity index (χ4n) is 2.01. The highest BCUT2D eigenvalue weighted by atomic mass is 35.5. The maximum absolute atomic E-state index is 11.4. The summed E-state index contributed by atoms with van der Waals surface area (Å²) in [7, 11) is 0. The van der Waals surface area contributed by atoms with Gasteiger partial charge in [-0.1, -0.05) is 30.7 Å². The van der Waals surface area contributed by atoms with E-state index in [0.717, 1.165) is 21.8 Å². The molecule has 2 heterocycles. The molecule has 124 valence electrons. The molecule has 3 rings (SSSR count). The maximum atomic E-state index is 11.4. The Hall–Kier alpha value is -1.96. The quantitative estimate of drug-likeness (QED) is 0.641. The van der Waals surface area contributed by atoms with Gasteiger partial charge in [0.25, 0.3) is 0 Å². The number of amides is 1. The highest BCUT2D eigenvalue weighted by molar-refractivity contribution is 7.15. The van der Waals surface area contributed by atoms with Crippen LogP contribution in [0.25, 0.3) is 11.3 Å². The summed E-state index contributed by atoms with van der Waals surface area (Å²) in [6.45, 7) is 2.48. The third-order valence-electron chi connectivity index (χ3n) is 3.22. The lowest BCUT2D eigenvalue weighted by atomic mass is 10.1. The Morgan fingerprint density at radius 1 is 1.38 bits per heavy atom. The molecule has 0 bridgehead atoms. The molecule has 1 amide bonds. The molecule has 8 heteroatoms. The molecule has 0 saturated heterocycles. The normalized spacial score (nSPS) is 10.6. The van der Waals surface area contributed by atoms with Crippen molar-refractivity contribution in [3.05, 3.63) is 45.2 Å². The van der Waals surface area contributed by atoms with Crippen LogP contribution < -0.4 is 10.6 Å². The number of nitrogens with zero attached hydrogens (tertiary/aromatic N) is 2. The molecule has 0 aliphatic heterocycles. The van der Waals surface area contributed by atoms with Gasteiger partial charge < -0.3 is 10.6 Å². The average Bonchev–Trinajstić information content (AvgIpc) is 3.22. The van der Waals surface area contributed by atoms with Crippen LogP contribution in [0.2, 0.25) is 4.47 Å². The summed E-state index contributed by atoms with van der Waals surface area (Å²) in [5.41, 5.74) is 2.83. The number of hydrogen-bond donors (Lipinski definition) is 2. The fraction of sp³-hybridized carbons (Fsp3) is 0.188. The van der Waals surface area contributed by atoms with Crippen LogP contribution in [0.3, 0.4) is 0 Å². The molecule has 0 fully saturated rings. The first-order valence-electron chi connectivity index (χ1n) is 7.34. The van der Waals surface area contributed by atoms with E-state index in [-0.39, 0.29) is 5.91 Å². The highest BCUT2D eigenvalue weighted by Gasteiger charge is 2.07. The number of halogens is 1. The van der Waals surface area contributed by atoms with Crippen LogP contribution in [-0.4, -0.2) is 15.9 Å². The number of anilines is 2. The Labute approximate surface area is 152 Å². The molecule has 24 heavy (non-hydrogen) atoms. The molecular formula is C16H15ClN4OS2. The minimum atomic E-state index is -0.0328. The predicted octanol–water partition coefficient (Wildman–Crippen LogP) is 4.88. The summed E-state index contributed by atoms with van der Waals surface area (Å²) in [5.74, 6) is -0.0328. The van der Waals surface area contributed by atoms with Gasteiger partial charge in [-0.2, -0.15) is 0 Å². The van der Waals surface area contributed by atoms with Gasteiger partial charge in [0.2, 0.25) is 5.91 Å². The number of nitrogens with one attached hydrogen (secondary N) is 2. The molecule has 0 spiro atoms. The maximum Gasteiger partial charge on any atom is 0.225 e. The van der Waals surface area contributed by atoms with E-state index < -0.39 is 0 Å². The van der Waals surface area contributed by atoms with Crippen molar-refractivity contribution < 1.29 is 4.79 Å². The molecule has 2 aromatic heterocycles. The zero-order valence-electron chi connectivity index (χ0n) is 12.9. The van der Waals surface area contributed by atoms with Crippen molar-refractivity contribution in [3.8, 4) is 11.3 Å². The molecule has 0 unspecified atom stereocenters. The minimum absolute atomic E-state index is 0.0328. The molecule has 0 aliphatic carbocycles. The lowest BCUT2D eigenvalue weighted by Crippen LogP contribution is -2.08. The van der Waals surface area contributed by atoms with Gasteiger partial charge in [0.15, 0.2) is 9.60 Å². The summed E-state index contributed by atoms with van der Waals surface area (Å²) in [6, 6.07) is 8.00. The number of carbonyl (C=O) groups is 1. The summed E-state index contributed by atoms with van der Waals surface area (Å²) < 4.78 is 0.546. The van der Waals surface area contributed by atoms with Crippen LogP contribution in [0.5, 0.6) is 0 Å². The van der Waals surface area contributed by atoms with Crippen molar-refractivity contribution in [1.82, 2.24) is 9.97 Å². The molecule has 2 N–H and O–H groups in total. The van der Waals surface area contributed by atoms with E-state index in [2.05, 4.69) is 20.6 Å². The van der Waals surface area contributed by atoms with Crippen LogP contribution in [0.4, 0.5) is 10.8 Å². The van der Waals surface area contributed by atoms with Gasteiger partial charge in [0.1, 0.15) is 0 Å². The molecule has 0 atom stereocenters. The molecule has 0 radical (unpaired) electrons. The number of rotatable bonds is 6. The molecule has 0 saturated carbocycles. The van der Waals surface area contributed by atoms with Gasteiger partial charge in [0, 0.05) is 34.1 Å². The number of benzene rings is 1. The summed E-state index contributed by atoms with van der Waals surface area (Å²) in [5, 5.41) is 8.69. The Balaban J connectivity index is 1.69. The Kier molecular flexibility index (Phi) is 5.44. The minimum Gasteiger partial charge on any atom is -0.380 e. The van der Waals surface area contributed by atoms with Gasteiger partial charge in [-0.05, 0) is 12.1 Å². The van der Waals surface area contributed by atoms with E-state index in [4.69, 9.17) is 11.6 Å². The zero-order valence-corrected chi connectivity index (χ0v) is 15.3. The number of thiazole rings is 2. The Morgan fingerprint density at radius 2 is 2.25 bits per heavy atom. The van der Waals surface area contributed by atoms with Crippen molar-refractivity contribution >= 4 is 51.0 Å². The van der Waals surface area contributed by atoms with Crippen LogP contribution in [0, 0.1) is 0 Å². The SMILES string of the molecule is CCC(=O)Nc1nc(-c2cccc(NCc3cnc(Cl)s3)c2)cs1. The molecule has 3 aromatic rings. The third kappa shape index (κ3) is 4.31. The molecule has 1 aromatic carbocycles. The van der Waals surface area contributed by atoms with Crippen LogP contribution in [-0.2, 0) is 11.3 Å².